The third-order valence-corrected chi connectivity index (χ3v) is 2.98. The van der Waals surface area contributed by atoms with E-state index in [0.29, 0.717) is 17.3 Å². The molecule has 0 aliphatic rings. The molecule has 2 aromatic rings. The van der Waals surface area contributed by atoms with Crippen molar-refractivity contribution < 1.29 is 23.8 Å². The molecule has 1 atom stereocenters. The quantitative estimate of drug-likeness (QED) is 0.817. The smallest absolute Gasteiger partial charge is 0.287 e. The van der Waals surface area contributed by atoms with Crippen LogP contribution in [-0.4, -0.2) is 30.8 Å². The second kappa shape index (κ2) is 7.51. The Balaban J connectivity index is 1.96. The first-order valence-electron chi connectivity index (χ1n) is 6.90. The largest absolute Gasteiger partial charge is 0.493 e. The summed E-state index contributed by atoms with van der Waals surface area (Å²) < 4.78 is 16.2. The van der Waals surface area contributed by atoms with Crippen LogP contribution in [0.2, 0.25) is 0 Å². The minimum atomic E-state index is -0.370. The van der Waals surface area contributed by atoms with E-state index in [1.165, 1.54) is 0 Å². The van der Waals surface area contributed by atoms with Crippen LogP contribution in [0.3, 0.4) is 0 Å². The maximum absolute atomic E-state index is 11.8. The normalized spacial score (nSPS) is 11.8. The first-order valence-corrected chi connectivity index (χ1v) is 6.90. The van der Waals surface area contributed by atoms with Gasteiger partial charge in [0.2, 0.25) is 0 Å². The number of ether oxygens (including phenoxy) is 2. The van der Waals surface area contributed by atoms with Gasteiger partial charge in [-0.2, -0.15) is 0 Å². The molecule has 0 spiro atoms. The van der Waals surface area contributed by atoms with Gasteiger partial charge in [0.1, 0.15) is 12.4 Å². The molecule has 0 saturated heterocycles. The highest BCUT2D eigenvalue weighted by Gasteiger charge is 2.14. The van der Waals surface area contributed by atoms with Gasteiger partial charge in [-0.05, 0) is 31.2 Å². The van der Waals surface area contributed by atoms with Crippen molar-refractivity contribution in [2.45, 2.75) is 19.6 Å². The number of hydrogen-bond acceptors (Lipinski definition) is 5. The highest BCUT2D eigenvalue weighted by Crippen LogP contribution is 2.26. The van der Waals surface area contributed by atoms with Crippen LogP contribution in [0.1, 0.15) is 23.2 Å². The van der Waals surface area contributed by atoms with Crippen LogP contribution in [0.5, 0.6) is 11.5 Å². The lowest BCUT2D eigenvalue weighted by Gasteiger charge is -2.09. The summed E-state index contributed by atoms with van der Waals surface area (Å²) in [5.74, 6) is 1.56. The molecular formula is C16H19NO5. The van der Waals surface area contributed by atoms with Gasteiger partial charge >= 0.3 is 0 Å². The fraction of sp³-hybridized carbons (Fsp3) is 0.312. The van der Waals surface area contributed by atoms with Gasteiger partial charge < -0.3 is 24.3 Å². The Morgan fingerprint density at radius 3 is 2.68 bits per heavy atom. The number of aliphatic hydroxyl groups is 1. The summed E-state index contributed by atoms with van der Waals surface area (Å²) in [7, 11) is 1.57. The van der Waals surface area contributed by atoms with E-state index in [-0.39, 0.29) is 30.9 Å². The van der Waals surface area contributed by atoms with Gasteiger partial charge in [0, 0.05) is 6.04 Å². The number of hydrogen-bond donors (Lipinski definition) is 2. The van der Waals surface area contributed by atoms with Crippen LogP contribution in [-0.2, 0) is 6.61 Å². The number of carbonyl (C=O) groups is 1. The Labute approximate surface area is 128 Å². The molecular weight excluding hydrogens is 286 g/mol. The zero-order chi connectivity index (χ0) is 15.9. The van der Waals surface area contributed by atoms with Crippen LogP contribution >= 0.6 is 0 Å². The molecule has 1 aromatic carbocycles. The molecule has 2 rings (SSSR count). The van der Waals surface area contributed by atoms with Crippen molar-refractivity contribution in [3.05, 3.63) is 47.9 Å². The highest BCUT2D eigenvalue weighted by atomic mass is 16.5. The third kappa shape index (κ3) is 4.02. The van der Waals surface area contributed by atoms with E-state index in [4.69, 9.17) is 19.0 Å². The van der Waals surface area contributed by atoms with Crippen molar-refractivity contribution in [2.75, 3.05) is 13.7 Å². The molecule has 1 amide bonds. The number of rotatable bonds is 7. The minimum Gasteiger partial charge on any atom is -0.493 e. The van der Waals surface area contributed by atoms with Gasteiger partial charge in [-0.15, -0.1) is 0 Å². The fourth-order valence-electron chi connectivity index (χ4n) is 1.81. The summed E-state index contributed by atoms with van der Waals surface area (Å²) in [4.78, 5) is 11.8. The van der Waals surface area contributed by atoms with Crippen LogP contribution in [0.4, 0.5) is 0 Å². The average molecular weight is 305 g/mol. The number of para-hydroxylation sites is 2. The topological polar surface area (TPSA) is 80.9 Å². The Bertz CT molecular complexity index is 623. The fourth-order valence-corrected chi connectivity index (χ4v) is 1.81. The van der Waals surface area contributed by atoms with Crippen molar-refractivity contribution in [3.63, 3.8) is 0 Å². The van der Waals surface area contributed by atoms with Crippen LogP contribution < -0.4 is 14.8 Å². The summed E-state index contributed by atoms with van der Waals surface area (Å²) >= 11 is 0. The monoisotopic (exact) mass is 305 g/mol. The first kappa shape index (κ1) is 15.9. The molecule has 2 N–H and O–H groups in total. The molecule has 1 unspecified atom stereocenters. The lowest BCUT2D eigenvalue weighted by molar-refractivity contribution is 0.0890. The van der Waals surface area contributed by atoms with Crippen molar-refractivity contribution in [3.8, 4) is 11.5 Å². The van der Waals surface area contributed by atoms with E-state index >= 15 is 0 Å². The van der Waals surface area contributed by atoms with Gasteiger partial charge in [-0.3, -0.25) is 4.79 Å². The molecule has 0 fully saturated rings. The predicted octanol–water partition coefficient (Wildman–Crippen LogP) is 1.98. The number of furan rings is 1. The Morgan fingerprint density at radius 2 is 2.00 bits per heavy atom. The molecule has 6 heteroatoms. The number of benzene rings is 1. The second-order valence-corrected chi connectivity index (χ2v) is 4.76. The molecule has 0 aliphatic carbocycles. The van der Waals surface area contributed by atoms with Crippen molar-refractivity contribution in [1.29, 1.82) is 0 Å². The summed E-state index contributed by atoms with van der Waals surface area (Å²) in [6.07, 6.45) is 0. The predicted molar refractivity (Wildman–Crippen MR) is 80.0 cm³/mol. The molecule has 6 nitrogen and oxygen atoms in total. The van der Waals surface area contributed by atoms with E-state index in [9.17, 15) is 4.79 Å². The Morgan fingerprint density at radius 1 is 1.27 bits per heavy atom. The van der Waals surface area contributed by atoms with Crippen molar-refractivity contribution in [1.82, 2.24) is 5.32 Å². The molecule has 0 saturated carbocycles. The maximum Gasteiger partial charge on any atom is 0.287 e. The van der Waals surface area contributed by atoms with E-state index in [1.807, 2.05) is 12.1 Å². The standard InChI is InChI=1S/C16H19NO5/c1-11(9-18)17-16(19)15-8-7-12(22-15)10-21-14-6-4-3-5-13(14)20-2/h3-8,11,18H,9-10H2,1-2H3,(H,17,19). The number of nitrogens with one attached hydrogen (secondary N) is 1. The molecule has 1 aromatic heterocycles. The number of amides is 1. The second-order valence-electron chi connectivity index (χ2n) is 4.76. The van der Waals surface area contributed by atoms with Crippen molar-refractivity contribution >= 4 is 5.91 Å². The Hall–Kier alpha value is -2.47. The number of aliphatic hydroxyl groups excluding tert-OH is 1. The lowest BCUT2D eigenvalue weighted by Crippen LogP contribution is -2.34. The Kier molecular flexibility index (Phi) is 5.43. The van der Waals surface area contributed by atoms with Gasteiger partial charge in [0.05, 0.1) is 13.7 Å². The zero-order valence-electron chi connectivity index (χ0n) is 12.5. The number of methoxy groups -OCH3 is 1. The van der Waals surface area contributed by atoms with Gasteiger partial charge in [-0.1, -0.05) is 12.1 Å². The summed E-state index contributed by atoms with van der Waals surface area (Å²) in [6.45, 7) is 1.76. The number of carbonyl (C=O) groups excluding carboxylic acids is 1. The third-order valence-electron chi connectivity index (χ3n) is 2.98. The van der Waals surface area contributed by atoms with E-state index < -0.39 is 0 Å². The van der Waals surface area contributed by atoms with Crippen LogP contribution in [0, 0.1) is 0 Å². The first-order chi connectivity index (χ1) is 10.6. The average Bonchev–Trinajstić information content (AvgIpc) is 3.02. The van der Waals surface area contributed by atoms with Gasteiger partial charge in [0.15, 0.2) is 17.3 Å². The van der Waals surface area contributed by atoms with E-state index in [1.54, 1.807) is 38.3 Å². The van der Waals surface area contributed by atoms with E-state index in [0.717, 1.165) is 0 Å². The molecule has 22 heavy (non-hydrogen) atoms. The molecule has 0 radical (unpaired) electrons. The van der Waals surface area contributed by atoms with Crippen LogP contribution in [0.25, 0.3) is 0 Å². The van der Waals surface area contributed by atoms with Crippen LogP contribution in [0.15, 0.2) is 40.8 Å². The highest BCUT2D eigenvalue weighted by molar-refractivity contribution is 5.91. The van der Waals surface area contributed by atoms with E-state index in [2.05, 4.69) is 5.32 Å². The zero-order valence-corrected chi connectivity index (χ0v) is 12.5. The van der Waals surface area contributed by atoms with Gasteiger partial charge in [-0.25, -0.2) is 0 Å². The maximum atomic E-state index is 11.8. The summed E-state index contributed by atoms with van der Waals surface area (Å²) in [5, 5.41) is 11.5. The molecule has 1 heterocycles. The van der Waals surface area contributed by atoms with Crippen molar-refractivity contribution in [2.24, 2.45) is 0 Å². The lowest BCUT2D eigenvalue weighted by atomic mass is 10.3. The molecule has 0 bridgehead atoms. The SMILES string of the molecule is COc1ccccc1OCc1ccc(C(=O)NC(C)CO)o1. The summed E-state index contributed by atoms with van der Waals surface area (Å²) in [6, 6.07) is 10.2. The molecule has 0 aliphatic heterocycles. The minimum absolute atomic E-state index is 0.129. The molecule has 118 valence electrons. The van der Waals surface area contributed by atoms with Gasteiger partial charge in [0.25, 0.3) is 5.91 Å². The summed E-state index contributed by atoms with van der Waals surface area (Å²) in [5.41, 5.74) is 0.